The second-order valence-corrected chi connectivity index (χ2v) is 9.26. The molecule has 7 nitrogen and oxygen atoms in total. The van der Waals surface area contributed by atoms with E-state index in [4.69, 9.17) is 5.73 Å². The molecule has 0 spiro atoms. The zero-order valence-electron chi connectivity index (χ0n) is 13.7. The maximum atomic E-state index is 12.5. The molecule has 0 saturated heterocycles. The Morgan fingerprint density at radius 1 is 1.12 bits per heavy atom. The molecule has 0 bridgehead atoms. The first-order valence-electron chi connectivity index (χ1n) is 7.50. The number of benzene rings is 1. The van der Waals surface area contributed by atoms with Crippen LogP contribution in [0.15, 0.2) is 30.3 Å². The number of halogens is 1. The number of nitrogens with zero attached hydrogens (tertiary/aromatic N) is 1. The van der Waals surface area contributed by atoms with Gasteiger partial charge in [0, 0.05) is 19.6 Å². The fraction of sp³-hybridized carbons (Fsp3) is 0.571. The fourth-order valence-electron chi connectivity index (χ4n) is 1.93. The van der Waals surface area contributed by atoms with Crippen molar-refractivity contribution in [3.8, 4) is 0 Å². The van der Waals surface area contributed by atoms with Crippen molar-refractivity contribution in [2.24, 2.45) is 5.73 Å². The van der Waals surface area contributed by atoms with E-state index in [1.54, 1.807) is 0 Å². The van der Waals surface area contributed by atoms with Crippen molar-refractivity contribution in [3.63, 3.8) is 0 Å². The van der Waals surface area contributed by atoms with E-state index in [2.05, 4.69) is 4.72 Å². The van der Waals surface area contributed by atoms with E-state index in [-0.39, 0.29) is 37.0 Å². The van der Waals surface area contributed by atoms with Crippen molar-refractivity contribution in [2.75, 3.05) is 31.1 Å². The van der Waals surface area contributed by atoms with E-state index in [1.165, 1.54) is 11.2 Å². The van der Waals surface area contributed by atoms with E-state index < -0.39 is 20.0 Å². The topological polar surface area (TPSA) is 110 Å². The molecule has 0 aliphatic heterocycles. The number of nitrogens with one attached hydrogen (secondary N) is 1. The van der Waals surface area contributed by atoms with Gasteiger partial charge >= 0.3 is 0 Å². The largest absolute Gasteiger partial charge is 0.330 e. The summed E-state index contributed by atoms with van der Waals surface area (Å²) in [6.45, 7) is 2.33. The Hall–Kier alpha value is -0.710. The molecule has 140 valence electrons. The molecule has 0 aliphatic rings. The van der Waals surface area contributed by atoms with Crippen molar-refractivity contribution in [3.05, 3.63) is 35.9 Å². The van der Waals surface area contributed by atoms with Gasteiger partial charge in [-0.05, 0) is 25.5 Å². The average molecular weight is 400 g/mol. The van der Waals surface area contributed by atoms with Crippen molar-refractivity contribution >= 4 is 32.5 Å². The van der Waals surface area contributed by atoms with Crippen molar-refractivity contribution in [1.29, 1.82) is 0 Å². The Balaban J connectivity index is 0.00000529. The molecule has 1 aromatic rings. The molecular formula is C14H26ClN3O4S2. The van der Waals surface area contributed by atoms with Gasteiger partial charge in [0.1, 0.15) is 0 Å². The van der Waals surface area contributed by atoms with Gasteiger partial charge in [-0.25, -0.2) is 21.6 Å². The monoisotopic (exact) mass is 399 g/mol. The summed E-state index contributed by atoms with van der Waals surface area (Å²) in [5.41, 5.74) is 6.35. The molecule has 0 fully saturated rings. The molecule has 0 atom stereocenters. The predicted octanol–water partition coefficient (Wildman–Crippen LogP) is 0.528. The summed E-state index contributed by atoms with van der Waals surface area (Å²) >= 11 is 0. The summed E-state index contributed by atoms with van der Waals surface area (Å²) in [4.78, 5) is 0. The zero-order valence-corrected chi connectivity index (χ0v) is 16.2. The molecule has 1 rings (SSSR count). The number of sulfonamides is 2. The van der Waals surface area contributed by atoms with Crippen LogP contribution in [0.1, 0.15) is 18.9 Å². The second-order valence-electron chi connectivity index (χ2n) is 5.08. The first-order valence-corrected chi connectivity index (χ1v) is 10.8. The summed E-state index contributed by atoms with van der Waals surface area (Å²) in [5.74, 6) is -0.350. The zero-order chi connectivity index (χ0) is 17.3. The van der Waals surface area contributed by atoms with Crippen LogP contribution in [0.4, 0.5) is 0 Å². The van der Waals surface area contributed by atoms with E-state index in [0.717, 1.165) is 5.56 Å². The standard InChI is InChI=1S/C14H25N3O4S2.ClH/c1-2-22(18,19)16-10-12-23(20,21)17(11-6-9-15)13-14-7-4-3-5-8-14;/h3-5,7-8,16H,2,6,9-13,15H2,1H3;1H. The normalized spacial score (nSPS) is 12.1. The van der Waals surface area contributed by atoms with Gasteiger partial charge < -0.3 is 5.73 Å². The summed E-state index contributed by atoms with van der Waals surface area (Å²) in [6, 6.07) is 9.26. The van der Waals surface area contributed by atoms with Gasteiger partial charge in [-0.15, -0.1) is 12.4 Å². The fourth-order valence-corrected chi connectivity index (χ4v) is 4.05. The van der Waals surface area contributed by atoms with E-state index in [1.807, 2.05) is 30.3 Å². The molecule has 10 heteroatoms. The molecule has 3 N–H and O–H groups in total. The smallest absolute Gasteiger partial charge is 0.215 e. The molecule has 1 aromatic carbocycles. The minimum atomic E-state index is -3.57. The van der Waals surface area contributed by atoms with Crippen LogP contribution in [0.25, 0.3) is 0 Å². The van der Waals surface area contributed by atoms with Gasteiger partial charge in [0.15, 0.2) is 0 Å². The van der Waals surface area contributed by atoms with Gasteiger partial charge in [-0.3, -0.25) is 0 Å². The third-order valence-corrected chi connectivity index (χ3v) is 6.49. The molecule has 0 aliphatic carbocycles. The van der Waals surface area contributed by atoms with Crippen molar-refractivity contribution in [1.82, 2.24) is 9.03 Å². The molecule has 0 saturated carbocycles. The molecule has 0 radical (unpaired) electrons. The van der Waals surface area contributed by atoms with Gasteiger partial charge in [0.05, 0.1) is 11.5 Å². The van der Waals surface area contributed by atoms with Crippen LogP contribution >= 0.6 is 12.4 Å². The molecule has 0 heterocycles. The molecule has 0 aromatic heterocycles. The van der Waals surface area contributed by atoms with Crippen LogP contribution < -0.4 is 10.5 Å². The van der Waals surface area contributed by atoms with Crippen LogP contribution in [-0.4, -0.2) is 52.3 Å². The average Bonchev–Trinajstić information content (AvgIpc) is 2.52. The van der Waals surface area contributed by atoms with E-state index in [0.29, 0.717) is 19.5 Å². The SMILES string of the molecule is CCS(=O)(=O)NCCS(=O)(=O)N(CCCN)Cc1ccccc1.Cl. The predicted molar refractivity (Wildman–Crippen MR) is 99.0 cm³/mol. The summed E-state index contributed by atoms with van der Waals surface area (Å²) < 4.78 is 51.3. The Morgan fingerprint density at radius 2 is 1.75 bits per heavy atom. The van der Waals surface area contributed by atoms with Crippen LogP contribution in [-0.2, 0) is 26.6 Å². The lowest BCUT2D eigenvalue weighted by Crippen LogP contribution is -2.38. The van der Waals surface area contributed by atoms with E-state index >= 15 is 0 Å². The molecule has 0 unspecified atom stereocenters. The highest BCUT2D eigenvalue weighted by Gasteiger charge is 2.22. The Bertz CT molecular complexity index is 667. The summed E-state index contributed by atoms with van der Waals surface area (Å²) in [5, 5.41) is 0. The summed E-state index contributed by atoms with van der Waals surface area (Å²) in [7, 11) is -6.97. The number of rotatable bonds is 11. The molecule has 24 heavy (non-hydrogen) atoms. The Kier molecular flexibility index (Phi) is 10.7. The van der Waals surface area contributed by atoms with Crippen LogP contribution in [0, 0.1) is 0 Å². The lowest BCUT2D eigenvalue weighted by molar-refractivity contribution is 0.401. The highest BCUT2D eigenvalue weighted by atomic mass is 35.5. The highest BCUT2D eigenvalue weighted by Crippen LogP contribution is 2.10. The van der Waals surface area contributed by atoms with Gasteiger partial charge in [-0.2, -0.15) is 4.31 Å². The van der Waals surface area contributed by atoms with Gasteiger partial charge in [0.2, 0.25) is 20.0 Å². The maximum Gasteiger partial charge on any atom is 0.215 e. The quantitative estimate of drug-likeness (QED) is 0.564. The molecular weight excluding hydrogens is 374 g/mol. The molecule has 0 amide bonds. The van der Waals surface area contributed by atoms with Gasteiger partial charge in [-0.1, -0.05) is 30.3 Å². The number of nitrogens with two attached hydrogens (primary N) is 1. The number of hydrogen-bond donors (Lipinski definition) is 2. The number of hydrogen-bond acceptors (Lipinski definition) is 5. The minimum Gasteiger partial charge on any atom is -0.330 e. The maximum absolute atomic E-state index is 12.5. The first kappa shape index (κ1) is 23.3. The van der Waals surface area contributed by atoms with Crippen LogP contribution in [0.2, 0.25) is 0 Å². The van der Waals surface area contributed by atoms with Crippen molar-refractivity contribution < 1.29 is 16.8 Å². The summed E-state index contributed by atoms with van der Waals surface area (Å²) in [6.07, 6.45) is 0.548. The van der Waals surface area contributed by atoms with Crippen molar-refractivity contribution in [2.45, 2.75) is 19.9 Å². The van der Waals surface area contributed by atoms with E-state index in [9.17, 15) is 16.8 Å². The Morgan fingerprint density at radius 3 is 2.29 bits per heavy atom. The lowest BCUT2D eigenvalue weighted by atomic mass is 10.2. The third-order valence-electron chi connectivity index (χ3n) is 3.27. The van der Waals surface area contributed by atoms with Crippen LogP contribution in [0.5, 0.6) is 0 Å². The highest BCUT2D eigenvalue weighted by molar-refractivity contribution is 7.90. The lowest BCUT2D eigenvalue weighted by Gasteiger charge is -2.22. The van der Waals surface area contributed by atoms with Gasteiger partial charge in [0.25, 0.3) is 0 Å². The third kappa shape index (κ3) is 8.41. The second kappa shape index (κ2) is 11.0. The minimum absolute atomic E-state index is 0. The van der Waals surface area contributed by atoms with Crippen LogP contribution in [0.3, 0.4) is 0 Å². The first-order chi connectivity index (χ1) is 10.8. The Labute approximate surface area is 151 Å².